The van der Waals surface area contributed by atoms with E-state index < -0.39 is 0 Å². The fourth-order valence-electron chi connectivity index (χ4n) is 4.22. The maximum absolute atomic E-state index is 12.7. The van der Waals surface area contributed by atoms with Crippen molar-refractivity contribution in [1.29, 1.82) is 0 Å². The van der Waals surface area contributed by atoms with Crippen LogP contribution in [0.4, 0.5) is 0 Å². The smallest absolute Gasteiger partial charge is 0.308 e. The van der Waals surface area contributed by atoms with Gasteiger partial charge in [0.15, 0.2) is 0 Å². The van der Waals surface area contributed by atoms with Crippen LogP contribution in [0.1, 0.15) is 142 Å². The molecule has 0 aliphatic carbocycles. The summed E-state index contributed by atoms with van der Waals surface area (Å²) in [6.07, 6.45) is 24.0. The summed E-state index contributed by atoms with van der Waals surface area (Å²) in [5.74, 6) is 0.192. The monoisotopic (exact) mass is 455 g/mol. The number of hydrogen-bond donors (Lipinski definition) is 2. The normalized spacial score (nSPS) is 11.4. The van der Waals surface area contributed by atoms with Gasteiger partial charge in [0.25, 0.3) is 0 Å². The molecule has 0 aromatic heterocycles. The fraction of sp³-hybridized carbons (Fsp3) is 0.964. The Bertz CT molecular complexity index is 360. The highest BCUT2D eigenvalue weighted by Gasteiger charge is 2.19. The number of unbranched alkanes of at least 4 members (excludes halogenated alkanes) is 14. The molecule has 2 N–H and O–H groups in total. The number of carbonyl (C=O) groups is 1. The first-order valence-corrected chi connectivity index (χ1v) is 14.2. The molecular formula is C28H57NO3. The van der Waals surface area contributed by atoms with Gasteiger partial charge in [0.2, 0.25) is 0 Å². The molecule has 0 spiro atoms. The Labute approximate surface area is 200 Å². The van der Waals surface area contributed by atoms with Gasteiger partial charge in [-0.15, -0.1) is 0 Å². The minimum absolute atomic E-state index is 0.0696. The van der Waals surface area contributed by atoms with E-state index in [-0.39, 0.29) is 18.5 Å². The van der Waals surface area contributed by atoms with Crippen molar-refractivity contribution in [2.45, 2.75) is 142 Å². The first kappa shape index (κ1) is 31.4. The molecule has 0 aromatic carbocycles. The van der Waals surface area contributed by atoms with Crippen molar-refractivity contribution in [2.24, 2.45) is 5.92 Å². The SMILES string of the molecule is CCCCCCCCC(CCCCCCCC)C(=O)OCCCCCCCNCCCO. The summed E-state index contributed by atoms with van der Waals surface area (Å²) in [6.45, 7) is 7.32. The predicted octanol–water partition coefficient (Wildman–Crippen LogP) is 7.57. The number of rotatable bonds is 26. The Morgan fingerprint density at radius 1 is 0.656 bits per heavy atom. The molecule has 0 heterocycles. The van der Waals surface area contributed by atoms with Gasteiger partial charge in [-0.1, -0.05) is 110 Å². The molecule has 0 unspecified atom stereocenters. The Morgan fingerprint density at radius 2 is 1.12 bits per heavy atom. The van der Waals surface area contributed by atoms with E-state index in [0.717, 1.165) is 45.2 Å². The van der Waals surface area contributed by atoms with Crippen LogP contribution in [0.2, 0.25) is 0 Å². The topological polar surface area (TPSA) is 58.6 Å². The van der Waals surface area contributed by atoms with Gasteiger partial charge in [0, 0.05) is 6.61 Å². The van der Waals surface area contributed by atoms with E-state index in [0.29, 0.717) is 6.61 Å². The fourth-order valence-corrected chi connectivity index (χ4v) is 4.22. The van der Waals surface area contributed by atoms with E-state index >= 15 is 0 Å². The maximum Gasteiger partial charge on any atom is 0.308 e. The van der Waals surface area contributed by atoms with Crippen LogP contribution in [0.15, 0.2) is 0 Å². The third kappa shape index (κ3) is 22.6. The van der Waals surface area contributed by atoms with Crippen LogP contribution in [-0.2, 0) is 9.53 Å². The number of aliphatic hydroxyl groups is 1. The van der Waals surface area contributed by atoms with Gasteiger partial charge in [0.05, 0.1) is 12.5 Å². The summed E-state index contributed by atoms with van der Waals surface area (Å²) in [7, 11) is 0. The van der Waals surface area contributed by atoms with Crippen LogP contribution in [0, 0.1) is 5.92 Å². The van der Waals surface area contributed by atoms with Crippen LogP contribution in [0.25, 0.3) is 0 Å². The zero-order valence-corrected chi connectivity index (χ0v) is 21.8. The summed E-state index contributed by atoms with van der Waals surface area (Å²) >= 11 is 0. The zero-order chi connectivity index (χ0) is 23.5. The zero-order valence-electron chi connectivity index (χ0n) is 21.8. The predicted molar refractivity (Wildman–Crippen MR) is 138 cm³/mol. The molecule has 0 saturated heterocycles. The van der Waals surface area contributed by atoms with E-state index in [1.807, 2.05) is 0 Å². The van der Waals surface area contributed by atoms with Gasteiger partial charge in [-0.2, -0.15) is 0 Å². The molecular weight excluding hydrogens is 398 g/mol. The third-order valence-electron chi connectivity index (χ3n) is 6.40. The van der Waals surface area contributed by atoms with Gasteiger partial charge >= 0.3 is 5.97 Å². The molecule has 0 saturated carbocycles. The molecule has 0 amide bonds. The number of nitrogens with one attached hydrogen (secondary N) is 1. The van der Waals surface area contributed by atoms with E-state index in [1.165, 1.54) is 96.3 Å². The first-order valence-electron chi connectivity index (χ1n) is 14.2. The second-order valence-electron chi connectivity index (χ2n) is 9.57. The molecule has 4 nitrogen and oxygen atoms in total. The van der Waals surface area contributed by atoms with Crippen LogP contribution >= 0.6 is 0 Å². The quantitative estimate of drug-likeness (QED) is 0.104. The standard InChI is InChI=1S/C28H57NO3/c1-3-5-7-9-12-16-21-27(22-17-13-10-8-6-4-2)28(31)32-26-19-15-11-14-18-23-29-24-20-25-30/h27,29-30H,3-26H2,1-2H3. The summed E-state index contributed by atoms with van der Waals surface area (Å²) in [6, 6.07) is 0. The second-order valence-corrected chi connectivity index (χ2v) is 9.57. The van der Waals surface area contributed by atoms with Crippen molar-refractivity contribution in [3.8, 4) is 0 Å². The van der Waals surface area contributed by atoms with Gasteiger partial charge in [-0.25, -0.2) is 0 Å². The summed E-state index contributed by atoms with van der Waals surface area (Å²) in [5, 5.41) is 12.1. The van der Waals surface area contributed by atoms with E-state index in [4.69, 9.17) is 9.84 Å². The third-order valence-corrected chi connectivity index (χ3v) is 6.40. The summed E-state index contributed by atoms with van der Waals surface area (Å²) in [4.78, 5) is 12.7. The number of carbonyl (C=O) groups excluding carboxylic acids is 1. The molecule has 0 radical (unpaired) electrons. The molecule has 4 heteroatoms. The van der Waals surface area contributed by atoms with E-state index in [1.54, 1.807) is 0 Å². The summed E-state index contributed by atoms with van der Waals surface area (Å²) in [5.41, 5.74) is 0. The van der Waals surface area contributed by atoms with Crippen LogP contribution in [-0.4, -0.2) is 37.4 Å². The highest BCUT2D eigenvalue weighted by Crippen LogP contribution is 2.21. The maximum atomic E-state index is 12.7. The molecule has 0 aliphatic heterocycles. The van der Waals surface area contributed by atoms with E-state index in [9.17, 15) is 4.79 Å². The van der Waals surface area contributed by atoms with Gasteiger partial charge in [0.1, 0.15) is 0 Å². The van der Waals surface area contributed by atoms with Crippen molar-refractivity contribution < 1.29 is 14.6 Å². The Kier molecular flexibility index (Phi) is 26.1. The molecule has 0 bridgehead atoms. The average Bonchev–Trinajstić information content (AvgIpc) is 2.80. The number of aliphatic hydroxyl groups excluding tert-OH is 1. The van der Waals surface area contributed by atoms with Crippen LogP contribution < -0.4 is 5.32 Å². The lowest BCUT2D eigenvalue weighted by molar-refractivity contribution is -0.149. The molecule has 0 rings (SSSR count). The Hall–Kier alpha value is -0.610. The van der Waals surface area contributed by atoms with Crippen molar-refractivity contribution in [1.82, 2.24) is 5.32 Å². The minimum Gasteiger partial charge on any atom is -0.465 e. The second kappa shape index (κ2) is 26.6. The number of esters is 1. The van der Waals surface area contributed by atoms with Crippen molar-refractivity contribution >= 4 is 5.97 Å². The molecule has 0 aliphatic rings. The highest BCUT2D eigenvalue weighted by atomic mass is 16.5. The van der Waals surface area contributed by atoms with Crippen LogP contribution in [0.3, 0.4) is 0 Å². The molecule has 0 fully saturated rings. The van der Waals surface area contributed by atoms with Crippen molar-refractivity contribution in [3.63, 3.8) is 0 Å². The lowest BCUT2D eigenvalue weighted by atomic mass is 9.94. The molecule has 192 valence electrons. The van der Waals surface area contributed by atoms with Crippen molar-refractivity contribution in [3.05, 3.63) is 0 Å². The molecule has 0 aromatic rings. The number of ether oxygens (including phenoxy) is 1. The average molecular weight is 456 g/mol. The van der Waals surface area contributed by atoms with Gasteiger partial charge < -0.3 is 15.2 Å². The van der Waals surface area contributed by atoms with E-state index in [2.05, 4.69) is 19.2 Å². The molecule has 32 heavy (non-hydrogen) atoms. The lowest BCUT2D eigenvalue weighted by Crippen LogP contribution is -2.19. The lowest BCUT2D eigenvalue weighted by Gasteiger charge is -2.16. The molecule has 0 atom stereocenters. The highest BCUT2D eigenvalue weighted by molar-refractivity contribution is 5.72. The largest absolute Gasteiger partial charge is 0.465 e. The van der Waals surface area contributed by atoms with Crippen molar-refractivity contribution in [2.75, 3.05) is 26.3 Å². The minimum atomic E-state index is 0.0696. The Morgan fingerprint density at radius 3 is 1.69 bits per heavy atom. The Balaban J connectivity index is 3.92. The van der Waals surface area contributed by atoms with Crippen LogP contribution in [0.5, 0.6) is 0 Å². The number of hydrogen-bond acceptors (Lipinski definition) is 4. The first-order chi connectivity index (χ1) is 15.8. The summed E-state index contributed by atoms with van der Waals surface area (Å²) < 4.78 is 5.69. The van der Waals surface area contributed by atoms with Gasteiger partial charge in [-0.05, 0) is 45.2 Å². The van der Waals surface area contributed by atoms with Gasteiger partial charge in [-0.3, -0.25) is 4.79 Å².